The SMILES string of the molecule is CCCCn1c(N)c(N(C(=O)Cn2nnc(-c3ccsc3)n2)C2CCCC2)c(=O)[nH]c1=O. The molecule has 3 N–H and O–H groups in total. The lowest BCUT2D eigenvalue weighted by atomic mass is 10.2. The van der Waals surface area contributed by atoms with Gasteiger partial charge in [-0.15, -0.1) is 10.2 Å². The Morgan fingerprint density at radius 1 is 1.34 bits per heavy atom. The normalized spacial score (nSPS) is 14.2. The highest BCUT2D eigenvalue weighted by Gasteiger charge is 2.33. The third-order valence-electron chi connectivity index (χ3n) is 5.66. The van der Waals surface area contributed by atoms with Crippen LogP contribution in [-0.4, -0.2) is 41.7 Å². The summed E-state index contributed by atoms with van der Waals surface area (Å²) in [5.41, 5.74) is 5.91. The van der Waals surface area contributed by atoms with Crippen LogP contribution in [0.1, 0.15) is 45.4 Å². The van der Waals surface area contributed by atoms with Crippen LogP contribution in [0.15, 0.2) is 26.4 Å². The number of tetrazole rings is 1. The second kappa shape index (κ2) is 9.47. The van der Waals surface area contributed by atoms with Gasteiger partial charge in [0.1, 0.15) is 12.4 Å². The summed E-state index contributed by atoms with van der Waals surface area (Å²) < 4.78 is 1.33. The first-order valence-corrected chi connectivity index (χ1v) is 11.7. The summed E-state index contributed by atoms with van der Waals surface area (Å²) in [6.45, 7) is 2.17. The van der Waals surface area contributed by atoms with E-state index in [0.717, 1.165) is 44.1 Å². The molecule has 11 nitrogen and oxygen atoms in total. The summed E-state index contributed by atoms with van der Waals surface area (Å²) >= 11 is 1.52. The van der Waals surface area contributed by atoms with Crippen molar-refractivity contribution < 1.29 is 4.79 Å². The molecule has 0 unspecified atom stereocenters. The molecule has 1 aliphatic rings. The third-order valence-corrected chi connectivity index (χ3v) is 6.34. The molecule has 170 valence electrons. The van der Waals surface area contributed by atoms with Gasteiger partial charge in [-0.2, -0.15) is 16.1 Å². The standard InChI is InChI=1S/C20H26N8O3S/c1-2-3-9-26-17(21)16(19(30)22-20(26)31)28(14-6-4-5-7-14)15(29)11-27-24-18(23-25-27)13-8-10-32-12-13/h8,10,12,14H,2-7,9,11,21H2,1H3,(H,22,30,31). The molecular formula is C20H26N8O3S. The molecule has 0 atom stereocenters. The molecule has 32 heavy (non-hydrogen) atoms. The second-order valence-corrected chi connectivity index (χ2v) is 8.64. The number of unbranched alkanes of at least 4 members (excludes halogenated alkanes) is 1. The van der Waals surface area contributed by atoms with E-state index < -0.39 is 11.2 Å². The fourth-order valence-electron chi connectivity index (χ4n) is 4.04. The molecule has 0 radical (unpaired) electrons. The molecule has 0 aromatic carbocycles. The highest BCUT2D eigenvalue weighted by molar-refractivity contribution is 7.08. The number of nitrogens with two attached hydrogens (primary N) is 1. The van der Waals surface area contributed by atoms with E-state index in [9.17, 15) is 14.4 Å². The molecule has 1 saturated carbocycles. The van der Waals surface area contributed by atoms with Crippen LogP contribution in [0.25, 0.3) is 11.4 Å². The summed E-state index contributed by atoms with van der Waals surface area (Å²) in [7, 11) is 0. The molecule has 3 aromatic heterocycles. The van der Waals surface area contributed by atoms with E-state index >= 15 is 0 Å². The number of carbonyl (C=O) groups is 1. The van der Waals surface area contributed by atoms with Gasteiger partial charge in [-0.05, 0) is 35.9 Å². The van der Waals surface area contributed by atoms with Crippen molar-refractivity contribution in [2.45, 2.75) is 64.6 Å². The van der Waals surface area contributed by atoms with Crippen molar-refractivity contribution >= 4 is 28.7 Å². The largest absolute Gasteiger partial charge is 0.383 e. The molecule has 1 amide bonds. The van der Waals surface area contributed by atoms with Crippen molar-refractivity contribution in [1.82, 2.24) is 29.8 Å². The number of hydrogen-bond donors (Lipinski definition) is 2. The smallest absolute Gasteiger partial charge is 0.330 e. The van der Waals surface area contributed by atoms with Gasteiger partial charge in [0.15, 0.2) is 5.69 Å². The maximum absolute atomic E-state index is 13.4. The maximum atomic E-state index is 13.4. The van der Waals surface area contributed by atoms with Gasteiger partial charge < -0.3 is 5.73 Å². The second-order valence-electron chi connectivity index (χ2n) is 7.86. The number of anilines is 2. The maximum Gasteiger partial charge on any atom is 0.330 e. The lowest BCUT2D eigenvalue weighted by Crippen LogP contribution is -2.47. The molecule has 1 fully saturated rings. The first-order valence-electron chi connectivity index (χ1n) is 10.7. The van der Waals surface area contributed by atoms with Crippen LogP contribution in [-0.2, 0) is 17.9 Å². The van der Waals surface area contributed by atoms with Crippen molar-refractivity contribution in [3.8, 4) is 11.4 Å². The van der Waals surface area contributed by atoms with Gasteiger partial charge in [0.05, 0.1) is 0 Å². The van der Waals surface area contributed by atoms with Crippen LogP contribution in [0.4, 0.5) is 11.5 Å². The highest BCUT2D eigenvalue weighted by atomic mass is 32.1. The van der Waals surface area contributed by atoms with Gasteiger partial charge in [0.2, 0.25) is 5.82 Å². The lowest BCUT2D eigenvalue weighted by molar-refractivity contribution is -0.120. The molecule has 3 aromatic rings. The Kier molecular flexibility index (Phi) is 6.49. The number of carbonyl (C=O) groups excluding carboxylic acids is 1. The fourth-order valence-corrected chi connectivity index (χ4v) is 4.67. The number of hydrogen-bond acceptors (Lipinski definition) is 8. The number of nitrogen functional groups attached to an aromatic ring is 1. The number of rotatable bonds is 8. The Morgan fingerprint density at radius 2 is 2.12 bits per heavy atom. The molecule has 0 saturated heterocycles. The van der Waals surface area contributed by atoms with Crippen LogP contribution in [0.3, 0.4) is 0 Å². The Morgan fingerprint density at radius 3 is 2.81 bits per heavy atom. The van der Waals surface area contributed by atoms with Gasteiger partial charge in [0.25, 0.3) is 11.5 Å². The van der Waals surface area contributed by atoms with Gasteiger partial charge in [-0.1, -0.05) is 26.2 Å². The Bertz CT molecular complexity index is 1190. The molecule has 0 aliphatic heterocycles. The summed E-state index contributed by atoms with van der Waals surface area (Å²) in [4.78, 5) is 43.5. The number of aromatic amines is 1. The zero-order chi connectivity index (χ0) is 22.7. The first-order chi connectivity index (χ1) is 15.5. The number of amides is 1. The van der Waals surface area contributed by atoms with E-state index in [1.54, 1.807) is 0 Å². The number of aromatic nitrogens is 6. The van der Waals surface area contributed by atoms with Gasteiger partial charge in [-0.25, -0.2) is 4.79 Å². The number of nitrogens with one attached hydrogen (secondary N) is 1. The van der Waals surface area contributed by atoms with Crippen LogP contribution in [0, 0.1) is 0 Å². The molecule has 4 rings (SSSR count). The minimum atomic E-state index is -0.661. The van der Waals surface area contributed by atoms with Crippen molar-refractivity contribution in [2.24, 2.45) is 0 Å². The number of H-pyrrole nitrogens is 1. The topological polar surface area (TPSA) is 145 Å². The fraction of sp³-hybridized carbons (Fsp3) is 0.500. The summed E-state index contributed by atoms with van der Waals surface area (Å²) in [5.74, 6) is 0.0685. The summed E-state index contributed by atoms with van der Waals surface area (Å²) in [5, 5.41) is 16.1. The molecular weight excluding hydrogens is 432 g/mol. The van der Waals surface area contributed by atoms with Crippen molar-refractivity contribution in [3.63, 3.8) is 0 Å². The number of thiophene rings is 1. The minimum absolute atomic E-state index is 0.0120. The van der Waals surface area contributed by atoms with Crippen molar-refractivity contribution in [2.75, 3.05) is 10.6 Å². The Labute approximate surface area is 187 Å². The lowest BCUT2D eigenvalue weighted by Gasteiger charge is -2.29. The Hall–Kier alpha value is -3.28. The van der Waals surface area contributed by atoms with Crippen LogP contribution < -0.4 is 21.9 Å². The van der Waals surface area contributed by atoms with Gasteiger partial charge in [-0.3, -0.25) is 24.0 Å². The molecule has 12 heteroatoms. The Balaban J connectivity index is 1.68. The van der Waals surface area contributed by atoms with E-state index in [0.29, 0.717) is 12.4 Å². The minimum Gasteiger partial charge on any atom is -0.383 e. The van der Waals surface area contributed by atoms with E-state index in [2.05, 4.69) is 20.4 Å². The predicted octanol–water partition coefficient (Wildman–Crippen LogP) is 1.61. The van der Waals surface area contributed by atoms with Crippen LogP contribution in [0.5, 0.6) is 0 Å². The van der Waals surface area contributed by atoms with Gasteiger partial charge >= 0.3 is 5.69 Å². The first kappa shape index (κ1) is 21.9. The predicted molar refractivity (Wildman–Crippen MR) is 122 cm³/mol. The zero-order valence-corrected chi connectivity index (χ0v) is 18.7. The van der Waals surface area contributed by atoms with Gasteiger partial charge in [0, 0.05) is 23.5 Å². The molecule has 0 bridgehead atoms. The third kappa shape index (κ3) is 4.35. The average molecular weight is 459 g/mol. The zero-order valence-electron chi connectivity index (χ0n) is 17.9. The summed E-state index contributed by atoms with van der Waals surface area (Å²) in [6, 6.07) is 1.70. The van der Waals surface area contributed by atoms with Crippen LogP contribution in [0.2, 0.25) is 0 Å². The quantitative estimate of drug-likeness (QED) is 0.521. The van der Waals surface area contributed by atoms with Crippen LogP contribution >= 0.6 is 11.3 Å². The van der Waals surface area contributed by atoms with E-state index in [1.807, 2.05) is 23.8 Å². The monoisotopic (exact) mass is 458 g/mol. The summed E-state index contributed by atoms with van der Waals surface area (Å²) in [6.07, 6.45) is 4.99. The molecule has 1 aliphatic carbocycles. The van der Waals surface area contributed by atoms with E-state index in [-0.39, 0.29) is 30.0 Å². The van der Waals surface area contributed by atoms with Crippen molar-refractivity contribution in [1.29, 1.82) is 0 Å². The van der Waals surface area contributed by atoms with E-state index in [4.69, 9.17) is 5.73 Å². The molecule has 3 heterocycles. The highest BCUT2D eigenvalue weighted by Crippen LogP contribution is 2.29. The average Bonchev–Trinajstić information content (AvgIpc) is 3.53. The molecule has 0 spiro atoms. The van der Waals surface area contributed by atoms with E-state index in [1.165, 1.54) is 25.6 Å². The van der Waals surface area contributed by atoms with Crippen molar-refractivity contribution in [3.05, 3.63) is 37.7 Å². The number of nitrogens with zero attached hydrogens (tertiary/aromatic N) is 6.